The van der Waals surface area contributed by atoms with Gasteiger partial charge in [0.1, 0.15) is 68.4 Å². The van der Waals surface area contributed by atoms with Crippen molar-refractivity contribution in [2.45, 2.75) is 275 Å². The molecule has 10 heterocycles. The van der Waals surface area contributed by atoms with Crippen molar-refractivity contribution < 1.29 is 57.4 Å². The molecule has 3 aliphatic carbocycles. The van der Waals surface area contributed by atoms with Crippen LogP contribution in [-0.2, 0) is 43.1 Å². The summed E-state index contributed by atoms with van der Waals surface area (Å²) in [6, 6.07) is 41.9. The van der Waals surface area contributed by atoms with E-state index in [0.29, 0.717) is 45.1 Å². The van der Waals surface area contributed by atoms with Crippen LogP contribution in [0.15, 0.2) is 166 Å². The topological polar surface area (TPSA) is 349 Å². The lowest BCUT2D eigenvalue weighted by molar-refractivity contribution is -0.140. The molecular weight excluding hydrogens is 1950 g/mol. The van der Waals surface area contributed by atoms with Crippen LogP contribution in [-0.4, -0.2) is 221 Å². The lowest BCUT2D eigenvalue weighted by Crippen LogP contribution is -2.56. The summed E-state index contributed by atoms with van der Waals surface area (Å²) < 4.78 is 17.2. The number of aliphatic hydroxyl groups excluding tert-OH is 1. The molecule has 28 nitrogen and oxygen atoms in total. The second-order valence-electron chi connectivity index (χ2n) is 41.5. The summed E-state index contributed by atoms with van der Waals surface area (Å²) in [5, 5.41) is 54.0. The van der Waals surface area contributed by atoms with Gasteiger partial charge in [-0.15, -0.1) is 45.3 Å². The number of aliphatic hydroxyl groups is 1. The number of amides is 8. The molecule has 8 fully saturated rings. The lowest BCUT2D eigenvalue weighted by atomic mass is 9.83. The molecular formula is C117H148N16O12S4. The SMILES string of the molecule is CN[C@@H](C)C(=O)N[C@H](C(=O)N1CCC[C@H]1c1nc(-c2c(OCCO)ccc3ccccc23)cs1)C1CCCCC1.CN[C@@H](C)C(=O)N[C@H](C(=O)N1CCC[C@H]1c1nc(-c2ccc(C)c3ccccc23)cs1)C1CCCCC1.CN[C@@H](C)C(=O)N[C@H](C(=O)N1CCC[C@H]1c1nc(-c2cccc3c(C)cccc23)cs1)C1CCOCC1.CN[C@@H](C)C(=O)N[C@H](C(=O)N1CCC[C@H]1c1nc(-c2coc3ccccc23)cs1)C1CCCCC1. The number of ether oxygens (including phenoxy) is 2. The molecule has 12 aromatic rings. The number of nitrogens with zero attached hydrogens (tertiary/aromatic N) is 8. The first-order valence-electron chi connectivity index (χ1n) is 54.2. The Morgan fingerprint density at radius 3 is 1.13 bits per heavy atom. The van der Waals surface area contributed by atoms with Crippen LogP contribution in [0.5, 0.6) is 5.75 Å². The molecule has 9 N–H and O–H groups in total. The van der Waals surface area contributed by atoms with E-state index in [0.717, 1.165) is 228 Å². The first-order chi connectivity index (χ1) is 72.5. The average molecular weight is 2100 g/mol. The van der Waals surface area contributed by atoms with Crippen LogP contribution in [0.4, 0.5) is 0 Å². The highest BCUT2D eigenvalue weighted by Crippen LogP contribution is 2.47. The van der Waals surface area contributed by atoms with Gasteiger partial charge < -0.3 is 81.1 Å². The third kappa shape index (κ3) is 25.4. The predicted molar refractivity (Wildman–Crippen MR) is 594 cm³/mol. The van der Waals surface area contributed by atoms with Crippen molar-refractivity contribution in [3.8, 4) is 50.8 Å². The molecule has 5 saturated heterocycles. The summed E-state index contributed by atoms with van der Waals surface area (Å²) in [4.78, 5) is 135. The quantitative estimate of drug-likeness (QED) is 0.0195. The highest BCUT2D eigenvalue weighted by atomic mass is 32.1. The zero-order valence-corrected chi connectivity index (χ0v) is 91.1. The predicted octanol–water partition coefficient (Wildman–Crippen LogP) is 19.6. The standard InChI is InChI=1S/C31H40N4O4S.C30H38N4O2S.C29H36N4O3S.C27H34N4O3S/c1-20(32-2)29(37)34-28(22-10-4-3-5-11-22)31(38)35-16-8-13-25(35)30-33-24(19-40-30)27-23-12-7-6-9-21(23)14-15-26(27)39-18-17-36;1-19-15-16-24(23-13-8-7-12-22(19)23)25-18-37-29(32-25)26-14-9-17-34(26)30(36)27(21-10-5-4-6-11-21)33-28(35)20(2)31-3;1-18-7-4-9-22-21(18)8-5-10-23(22)24-17-37-28(31-24)25-11-6-14-33(25)29(35)26(20-12-15-36-16-13-20)32-27(34)19(2)30-3;1-17(28-2)25(32)30-24(18-9-4-3-5-10-18)27(33)31-14-8-12-22(31)26-29-21(16-35-26)20-15-34-23-13-7-6-11-19(20)23/h6-7,9,12,14-15,19-20,22,25,28,32,36H,3-5,8,10-11,13,16-18H2,1-2H3,(H,34,37);7-8,12-13,15-16,18,20-21,26-27,31H,4-6,9-11,14,17H2,1-3H3,(H,33,35);4-5,7-10,17,19-20,25-26,30H,6,11-16H2,1-3H3,(H,32,34);6-7,11,13,15-18,22,24,28H,3-5,8-10,12,14H2,1-2H3,(H,30,32)/t20-,25-,28-;20-,26-,27-;19-,25-,26-;17-,22-,24-/m0000/s1. The van der Waals surface area contributed by atoms with E-state index in [1.807, 2.05) is 101 Å². The number of carbonyl (C=O) groups excluding carboxylic acids is 8. The van der Waals surface area contributed by atoms with Gasteiger partial charge in [-0.05, 0) is 252 Å². The Balaban J connectivity index is 0.000000135. The van der Waals surface area contributed by atoms with Crippen LogP contribution in [0.3, 0.4) is 0 Å². The van der Waals surface area contributed by atoms with Crippen LogP contribution in [0, 0.1) is 37.5 Å². The second-order valence-corrected chi connectivity index (χ2v) is 45.1. The minimum atomic E-state index is -0.548. The Hall–Kier alpha value is -11.3. The highest BCUT2D eigenvalue weighted by Gasteiger charge is 2.47. The number of aryl methyl sites for hydroxylation is 2. The van der Waals surface area contributed by atoms with E-state index in [2.05, 4.69) is 157 Å². The van der Waals surface area contributed by atoms with E-state index in [4.69, 9.17) is 33.8 Å². The highest BCUT2D eigenvalue weighted by molar-refractivity contribution is 7.11. The Morgan fingerprint density at radius 2 is 0.705 bits per heavy atom. The Labute approximate surface area is 891 Å². The number of hydrogen-bond donors (Lipinski definition) is 9. The fourth-order valence-electron chi connectivity index (χ4n) is 23.1. The number of aromatic nitrogens is 4. The Kier molecular flexibility index (Phi) is 37.8. The molecule has 0 radical (unpaired) electrons. The number of nitrogens with one attached hydrogen (secondary N) is 8. The van der Waals surface area contributed by atoms with Crippen molar-refractivity contribution >= 4 is 136 Å². The molecule has 20 rings (SSSR count). The molecule has 0 spiro atoms. The number of fused-ring (bicyclic) bond motifs is 4. The number of carbonyl (C=O) groups is 8. The number of furan rings is 1. The average Bonchev–Trinajstić information content (AvgIpc) is 1.68. The van der Waals surface area contributed by atoms with Crippen LogP contribution >= 0.6 is 45.3 Å². The van der Waals surface area contributed by atoms with Gasteiger partial charge in [-0.2, -0.15) is 0 Å². The summed E-state index contributed by atoms with van der Waals surface area (Å²) in [6.07, 6.45) is 26.7. The van der Waals surface area contributed by atoms with Crippen molar-refractivity contribution in [1.82, 2.24) is 82.1 Å². The largest absolute Gasteiger partial charge is 0.490 e. The summed E-state index contributed by atoms with van der Waals surface area (Å²) in [7, 11) is 7.05. The van der Waals surface area contributed by atoms with Crippen molar-refractivity contribution in [3.05, 3.63) is 192 Å². The van der Waals surface area contributed by atoms with Crippen molar-refractivity contribution in [2.24, 2.45) is 23.7 Å². The van der Waals surface area contributed by atoms with Gasteiger partial charge in [0.25, 0.3) is 0 Å². The molecule has 792 valence electrons. The zero-order chi connectivity index (χ0) is 104. The lowest BCUT2D eigenvalue weighted by Gasteiger charge is -2.35. The van der Waals surface area contributed by atoms with Crippen LogP contribution in [0.25, 0.3) is 88.3 Å². The maximum Gasteiger partial charge on any atom is 0.246 e. The number of rotatable bonds is 31. The maximum atomic E-state index is 14.1. The van der Waals surface area contributed by atoms with Crippen LogP contribution < -0.4 is 47.3 Å². The first-order valence-corrected chi connectivity index (χ1v) is 57.8. The summed E-state index contributed by atoms with van der Waals surface area (Å²) in [5.41, 5.74) is 11.1. The normalized spacial score (nSPS) is 20.1. The van der Waals surface area contributed by atoms with Gasteiger partial charge in [0.15, 0.2) is 0 Å². The van der Waals surface area contributed by atoms with Crippen LogP contribution in [0.2, 0.25) is 0 Å². The number of hydrogen-bond acceptors (Lipinski definition) is 24. The van der Waals surface area contributed by atoms with Gasteiger partial charge in [-0.25, -0.2) is 19.9 Å². The molecule has 8 aliphatic rings. The van der Waals surface area contributed by atoms with Crippen molar-refractivity contribution in [3.63, 3.8) is 0 Å². The van der Waals surface area contributed by atoms with Gasteiger partial charge in [0.05, 0.1) is 83.3 Å². The molecule has 149 heavy (non-hydrogen) atoms. The molecule has 5 aromatic heterocycles. The number of likely N-dealkylation sites (tertiary alicyclic amines) is 4. The summed E-state index contributed by atoms with van der Waals surface area (Å²) >= 11 is 6.43. The smallest absolute Gasteiger partial charge is 0.246 e. The van der Waals surface area contributed by atoms with Gasteiger partial charge in [0.2, 0.25) is 47.3 Å². The molecule has 0 bridgehead atoms. The molecule has 3 saturated carbocycles. The third-order valence-electron chi connectivity index (χ3n) is 32.1. The minimum absolute atomic E-state index is 0.00332. The molecule has 32 heteroatoms. The number of likely N-dealkylation sites (N-methyl/N-ethyl adjacent to an activating group) is 4. The molecule has 8 amide bonds. The maximum absolute atomic E-state index is 14.1. The monoisotopic (exact) mass is 2100 g/mol. The van der Waals surface area contributed by atoms with E-state index in [1.165, 1.54) is 51.9 Å². The van der Waals surface area contributed by atoms with Gasteiger partial charge >= 0.3 is 0 Å². The Morgan fingerprint density at radius 1 is 0.362 bits per heavy atom. The fourth-order valence-corrected chi connectivity index (χ4v) is 26.9. The van der Waals surface area contributed by atoms with Gasteiger partial charge in [0, 0.05) is 83.0 Å². The van der Waals surface area contributed by atoms with Crippen molar-refractivity contribution in [1.29, 1.82) is 0 Å². The van der Waals surface area contributed by atoms with E-state index in [-0.39, 0.29) is 132 Å². The fraction of sp³-hybridized carbons (Fsp3) is 0.504. The van der Waals surface area contributed by atoms with E-state index in [9.17, 15) is 43.5 Å². The number of benzene rings is 7. The summed E-state index contributed by atoms with van der Waals surface area (Å²) in [5.74, 6) is 0.911. The van der Waals surface area contributed by atoms with Crippen molar-refractivity contribution in [2.75, 3.05) is 80.8 Å². The molecule has 0 unspecified atom stereocenters. The number of para-hydroxylation sites is 1. The Bertz CT molecular complexity index is 6440. The first kappa shape index (κ1) is 109. The van der Waals surface area contributed by atoms with E-state index in [1.54, 1.807) is 79.8 Å². The molecule has 5 aliphatic heterocycles. The third-order valence-corrected chi connectivity index (χ3v) is 35.9. The number of thiazole rings is 4. The molecule has 7 aromatic carbocycles. The van der Waals surface area contributed by atoms with E-state index >= 15 is 0 Å². The second kappa shape index (κ2) is 51.7. The van der Waals surface area contributed by atoms with Gasteiger partial charge in [-0.1, -0.05) is 179 Å². The molecule has 12 atom stereocenters. The summed E-state index contributed by atoms with van der Waals surface area (Å²) in [6.45, 7) is 15.7. The van der Waals surface area contributed by atoms with Crippen LogP contribution in [0.1, 0.15) is 244 Å². The zero-order valence-electron chi connectivity index (χ0n) is 87.8. The van der Waals surface area contributed by atoms with Gasteiger partial charge in [-0.3, -0.25) is 38.4 Å². The van der Waals surface area contributed by atoms with E-state index < -0.39 is 24.2 Å². The minimum Gasteiger partial charge on any atom is -0.490 e.